The molecular formula is C57H40B2N6OS2. The van der Waals surface area contributed by atoms with Crippen LogP contribution in [0.25, 0.3) is 58.6 Å². The first-order chi connectivity index (χ1) is 33.4. The zero-order chi connectivity index (χ0) is 46.3. The number of rotatable bonds is 10. The minimum Gasteiger partial charge on any atom is -0.508 e. The molecule has 0 fully saturated rings. The van der Waals surface area contributed by atoms with Crippen LogP contribution in [-0.2, 0) is 0 Å². The summed E-state index contributed by atoms with van der Waals surface area (Å²) in [7, 11) is 0. The number of phenols is 1. The van der Waals surface area contributed by atoms with Gasteiger partial charge in [-0.2, -0.15) is 5.26 Å². The standard InChI is InChI=1S/C57H40B2N6OS2/c1-37(2)52-49-50(54(44(36-60)56-62-45-28-16-18-30-47(45)67-56)64(52)58(39-20-8-4-9-21-39)40-22-10-5-11-23-40)53(38-32-34-43(66)35-33-38)65(59(41-24-12-6-13-25-41)42-26-14-7-15-27-42)55(49)51(61-3)57-63-46-29-17-19-31-48(46)68-57/h4-35,37,66H,1-2H3/b54-44-,55-51+. The maximum atomic E-state index is 11.9. The first kappa shape index (κ1) is 42.4. The molecular weight excluding hydrogens is 870 g/mol. The van der Waals surface area contributed by atoms with E-state index in [-0.39, 0.29) is 11.7 Å². The summed E-state index contributed by atoms with van der Waals surface area (Å²) >= 11 is 3.01. The molecule has 0 aliphatic carbocycles. The van der Waals surface area contributed by atoms with E-state index in [0.29, 0.717) is 32.0 Å². The minimum absolute atomic E-state index is 0.126. The van der Waals surface area contributed by atoms with Gasteiger partial charge in [-0.15, -0.1) is 22.7 Å². The fraction of sp³-hybridized carbons (Fsp3) is 0.0526. The molecule has 4 aromatic heterocycles. The van der Waals surface area contributed by atoms with Crippen LogP contribution in [0.1, 0.15) is 35.5 Å². The molecule has 0 aliphatic heterocycles. The summed E-state index contributed by atoms with van der Waals surface area (Å²) in [6.45, 7) is 12.8. The monoisotopic (exact) mass is 910 g/mol. The largest absolute Gasteiger partial charge is 0.508 e. The molecule has 0 saturated carbocycles. The summed E-state index contributed by atoms with van der Waals surface area (Å²) in [5, 5.41) is 27.1. The number of nitriles is 1. The number of hydrogen-bond acceptors (Lipinski definition) is 6. The van der Waals surface area contributed by atoms with Crippen molar-refractivity contribution >= 4 is 101 Å². The van der Waals surface area contributed by atoms with Gasteiger partial charge in [-0.3, -0.25) is 0 Å². The van der Waals surface area contributed by atoms with E-state index in [1.54, 1.807) is 12.1 Å². The van der Waals surface area contributed by atoms with Gasteiger partial charge in [0.2, 0.25) is 5.70 Å². The van der Waals surface area contributed by atoms with Gasteiger partial charge in [0, 0.05) is 27.5 Å². The van der Waals surface area contributed by atoms with Crippen LogP contribution in [-0.4, -0.2) is 37.7 Å². The Bertz CT molecular complexity index is 3630. The number of para-hydroxylation sites is 2. The van der Waals surface area contributed by atoms with Crippen LogP contribution in [0.4, 0.5) is 0 Å². The maximum Gasteiger partial charge on any atom is 0.327 e. The second-order valence-corrected chi connectivity index (χ2v) is 19.1. The Labute approximate surface area is 402 Å². The molecule has 4 heterocycles. The number of fused-ring (bicyclic) bond motifs is 3. The predicted molar refractivity (Wildman–Crippen MR) is 283 cm³/mol. The maximum absolute atomic E-state index is 11.9. The summed E-state index contributed by atoms with van der Waals surface area (Å²) in [5.74, 6) is -0.0190. The first-order valence-corrected chi connectivity index (χ1v) is 24.1. The molecule has 0 spiro atoms. The van der Waals surface area contributed by atoms with Crippen LogP contribution in [0.2, 0.25) is 0 Å². The number of benzene rings is 7. The molecule has 0 bridgehead atoms. The van der Waals surface area contributed by atoms with Crippen molar-refractivity contribution in [2.75, 3.05) is 0 Å². The van der Waals surface area contributed by atoms with Crippen LogP contribution in [0, 0.1) is 17.9 Å². The molecule has 0 unspecified atom stereocenters. The van der Waals surface area contributed by atoms with E-state index in [4.69, 9.17) is 9.97 Å². The second-order valence-electron chi connectivity index (χ2n) is 17.0. The molecule has 11 rings (SSSR count). The fourth-order valence-electron chi connectivity index (χ4n) is 9.78. The minimum atomic E-state index is -0.469. The summed E-state index contributed by atoms with van der Waals surface area (Å²) in [4.78, 5) is 15.0. The highest BCUT2D eigenvalue weighted by atomic mass is 32.1. The number of aromatic hydroxyl groups is 1. The Balaban J connectivity index is 1.49. The van der Waals surface area contributed by atoms with E-state index in [0.717, 1.165) is 70.0 Å². The lowest BCUT2D eigenvalue weighted by Crippen LogP contribution is -2.54. The number of phenolic OH excluding ortho intramolecular Hbond substituents is 1. The average Bonchev–Trinajstić information content (AvgIpc) is 4.16. The van der Waals surface area contributed by atoms with E-state index < -0.39 is 13.7 Å². The summed E-state index contributed by atoms with van der Waals surface area (Å²) in [6, 6.07) is 67.9. The number of hydrogen-bond donors (Lipinski definition) is 1. The van der Waals surface area contributed by atoms with Crippen LogP contribution in [0.3, 0.4) is 0 Å². The lowest BCUT2D eigenvalue weighted by molar-refractivity contribution is 0.475. The Kier molecular flexibility index (Phi) is 11.2. The van der Waals surface area contributed by atoms with Crippen molar-refractivity contribution in [1.82, 2.24) is 18.9 Å². The first-order valence-electron chi connectivity index (χ1n) is 22.5. The highest BCUT2D eigenvalue weighted by Crippen LogP contribution is 2.37. The molecule has 11 heteroatoms. The molecule has 322 valence electrons. The molecule has 7 aromatic carbocycles. The van der Waals surface area contributed by atoms with Crippen LogP contribution >= 0.6 is 22.7 Å². The third-order valence-electron chi connectivity index (χ3n) is 12.6. The Morgan fingerprint density at radius 1 is 0.574 bits per heavy atom. The third-order valence-corrected chi connectivity index (χ3v) is 14.6. The van der Waals surface area contributed by atoms with Gasteiger partial charge < -0.3 is 14.1 Å². The molecule has 11 aromatic rings. The highest BCUT2D eigenvalue weighted by molar-refractivity contribution is 7.20. The summed E-state index contributed by atoms with van der Waals surface area (Å²) in [6.07, 6.45) is 0. The number of nitrogens with zero attached hydrogens (tertiary/aromatic N) is 6. The molecule has 0 amide bonds. The molecule has 0 radical (unpaired) electrons. The van der Waals surface area contributed by atoms with Crippen LogP contribution in [0.15, 0.2) is 194 Å². The highest BCUT2D eigenvalue weighted by Gasteiger charge is 2.37. The van der Waals surface area contributed by atoms with Gasteiger partial charge in [0.05, 0.1) is 32.4 Å². The van der Waals surface area contributed by atoms with E-state index in [1.807, 2.05) is 78.9 Å². The van der Waals surface area contributed by atoms with Crippen molar-refractivity contribution in [3.05, 3.63) is 232 Å². The topological polar surface area (TPSA) is 84.0 Å². The fourth-order valence-corrected chi connectivity index (χ4v) is 11.7. The van der Waals surface area contributed by atoms with E-state index in [9.17, 15) is 16.9 Å². The smallest absolute Gasteiger partial charge is 0.327 e. The van der Waals surface area contributed by atoms with Gasteiger partial charge in [0.1, 0.15) is 27.4 Å². The predicted octanol–water partition coefficient (Wildman–Crippen LogP) is 9.26. The summed E-state index contributed by atoms with van der Waals surface area (Å²) in [5.41, 5.74) is 9.09. The lowest BCUT2D eigenvalue weighted by Gasteiger charge is -2.25. The van der Waals surface area contributed by atoms with E-state index >= 15 is 0 Å². The SMILES string of the molecule is [C-]#[N+]/C(c1nc2ccccc2s1)=c1\c2c(C(C)C)n(B(c3ccccc3)c3ccccc3)/c(=C(/C#N)c3nc4ccccc4s3)c2c(-c2ccc(O)cc2)n1B(c1ccccc1)c1ccccc1. The molecule has 7 nitrogen and oxygen atoms in total. The average molecular weight is 911 g/mol. The molecule has 0 saturated heterocycles. The van der Waals surface area contributed by atoms with Crippen molar-refractivity contribution in [3.63, 3.8) is 0 Å². The van der Waals surface area contributed by atoms with Gasteiger partial charge in [-0.05, 0) is 60.0 Å². The van der Waals surface area contributed by atoms with Crippen molar-refractivity contribution in [2.24, 2.45) is 0 Å². The van der Waals surface area contributed by atoms with E-state index in [2.05, 4.69) is 137 Å². The van der Waals surface area contributed by atoms with Crippen molar-refractivity contribution < 1.29 is 5.11 Å². The third kappa shape index (κ3) is 7.30. The van der Waals surface area contributed by atoms with Gasteiger partial charge in [0.25, 0.3) is 0 Å². The van der Waals surface area contributed by atoms with Crippen molar-refractivity contribution in [3.8, 4) is 23.1 Å². The van der Waals surface area contributed by atoms with Crippen molar-refractivity contribution in [2.45, 2.75) is 19.8 Å². The van der Waals surface area contributed by atoms with Crippen LogP contribution in [0.5, 0.6) is 5.75 Å². The Morgan fingerprint density at radius 3 is 1.47 bits per heavy atom. The van der Waals surface area contributed by atoms with Gasteiger partial charge >= 0.3 is 13.7 Å². The zero-order valence-corrected chi connectivity index (χ0v) is 38.8. The zero-order valence-electron chi connectivity index (χ0n) is 37.2. The molecule has 68 heavy (non-hydrogen) atoms. The Morgan fingerprint density at radius 2 is 1.01 bits per heavy atom. The molecule has 0 atom stereocenters. The Hall–Kier alpha value is -8.21. The van der Waals surface area contributed by atoms with Crippen LogP contribution < -0.4 is 32.5 Å². The van der Waals surface area contributed by atoms with E-state index in [1.165, 1.54) is 22.7 Å². The molecule has 1 N–H and O–H groups in total. The van der Waals surface area contributed by atoms with Gasteiger partial charge in [0.15, 0.2) is 0 Å². The number of thiazole rings is 2. The second kappa shape index (κ2) is 17.9. The lowest BCUT2D eigenvalue weighted by atomic mass is 9.50. The number of aromatic nitrogens is 4. The quantitative estimate of drug-likeness (QED) is 0.110. The van der Waals surface area contributed by atoms with Crippen molar-refractivity contribution in [1.29, 1.82) is 5.26 Å². The van der Waals surface area contributed by atoms with Gasteiger partial charge in [-0.1, -0.05) is 181 Å². The summed E-state index contributed by atoms with van der Waals surface area (Å²) < 4.78 is 6.66. The van der Waals surface area contributed by atoms with Gasteiger partial charge in [-0.25, -0.2) is 14.8 Å². The normalized spacial score (nSPS) is 12.3. The molecule has 0 aliphatic rings.